The van der Waals surface area contributed by atoms with E-state index in [1.165, 1.54) is 0 Å². The van der Waals surface area contributed by atoms with Gasteiger partial charge in [0.15, 0.2) is 0 Å². The van der Waals surface area contributed by atoms with Crippen molar-refractivity contribution < 1.29 is 14.3 Å². The topological polar surface area (TPSA) is 73.6 Å². The van der Waals surface area contributed by atoms with Crippen molar-refractivity contribution in [3.63, 3.8) is 0 Å². The van der Waals surface area contributed by atoms with Gasteiger partial charge in [0.05, 0.1) is 19.3 Å². The Morgan fingerprint density at radius 3 is 2.75 bits per heavy atom. The molecule has 2 saturated heterocycles. The molecule has 0 aromatic carbocycles. The van der Waals surface area contributed by atoms with E-state index >= 15 is 0 Å². The van der Waals surface area contributed by atoms with Gasteiger partial charge >= 0.3 is 0 Å². The third kappa shape index (κ3) is 2.53. The van der Waals surface area contributed by atoms with E-state index in [9.17, 15) is 4.79 Å². The Balaban J connectivity index is 1.72. The van der Waals surface area contributed by atoms with Crippen molar-refractivity contribution in [1.29, 1.82) is 0 Å². The lowest BCUT2D eigenvalue weighted by Crippen LogP contribution is -2.50. The van der Waals surface area contributed by atoms with Gasteiger partial charge in [0.2, 0.25) is 5.91 Å². The van der Waals surface area contributed by atoms with Gasteiger partial charge in [0.1, 0.15) is 6.10 Å². The number of carbonyl (C=O) groups excluding carboxylic acids is 1. The summed E-state index contributed by atoms with van der Waals surface area (Å²) in [6, 6.07) is 0. The van der Waals surface area contributed by atoms with Crippen LogP contribution in [-0.4, -0.2) is 44.4 Å². The van der Waals surface area contributed by atoms with Gasteiger partial charge in [0.25, 0.3) is 0 Å². The van der Waals surface area contributed by atoms with Gasteiger partial charge in [-0.05, 0) is 12.8 Å². The summed E-state index contributed by atoms with van der Waals surface area (Å²) in [4.78, 5) is 11.8. The molecule has 0 aromatic rings. The second kappa shape index (κ2) is 4.69. The van der Waals surface area contributed by atoms with Crippen molar-refractivity contribution in [1.82, 2.24) is 5.32 Å². The molecule has 1 amide bonds. The molecule has 0 aromatic heterocycles. The second-order valence-corrected chi connectivity index (χ2v) is 5.08. The maximum absolute atomic E-state index is 11.8. The quantitative estimate of drug-likeness (QED) is 0.689. The lowest BCUT2D eigenvalue weighted by atomic mass is 9.89. The van der Waals surface area contributed by atoms with Crippen LogP contribution in [0.4, 0.5) is 0 Å². The maximum Gasteiger partial charge on any atom is 0.249 e. The van der Waals surface area contributed by atoms with Gasteiger partial charge in [-0.2, -0.15) is 0 Å². The molecule has 5 nitrogen and oxygen atoms in total. The average Bonchev–Trinajstić information content (AvgIpc) is 2.71. The van der Waals surface area contributed by atoms with Crippen LogP contribution >= 0.6 is 0 Å². The summed E-state index contributed by atoms with van der Waals surface area (Å²) < 4.78 is 10.7. The Kier molecular flexibility index (Phi) is 3.47. The minimum Gasteiger partial charge on any atom is -0.380 e. The highest BCUT2D eigenvalue weighted by molar-refractivity contribution is 5.81. The van der Waals surface area contributed by atoms with E-state index < -0.39 is 0 Å². The summed E-state index contributed by atoms with van der Waals surface area (Å²) in [5.74, 6) is -0.0101. The molecule has 2 fully saturated rings. The molecule has 0 bridgehead atoms. The highest BCUT2D eigenvalue weighted by atomic mass is 16.5. The number of amides is 1. The second-order valence-electron chi connectivity index (χ2n) is 5.08. The molecule has 3 N–H and O–H groups in total. The van der Waals surface area contributed by atoms with E-state index in [0.717, 1.165) is 26.1 Å². The van der Waals surface area contributed by atoms with Gasteiger partial charge in [-0.15, -0.1) is 0 Å². The molecule has 2 heterocycles. The van der Waals surface area contributed by atoms with E-state index in [1.807, 2.05) is 0 Å². The van der Waals surface area contributed by atoms with Crippen LogP contribution < -0.4 is 11.1 Å². The van der Waals surface area contributed by atoms with Crippen LogP contribution in [0.3, 0.4) is 0 Å². The minimum atomic E-state index is -0.307. The zero-order valence-electron chi connectivity index (χ0n) is 9.70. The van der Waals surface area contributed by atoms with Crippen molar-refractivity contribution in [2.75, 3.05) is 26.3 Å². The highest BCUT2D eigenvalue weighted by Gasteiger charge is 2.35. The first-order chi connectivity index (χ1) is 7.63. The first-order valence-electron chi connectivity index (χ1n) is 5.84. The van der Waals surface area contributed by atoms with Crippen LogP contribution in [0.25, 0.3) is 0 Å². The zero-order chi connectivity index (χ0) is 11.6. The largest absolute Gasteiger partial charge is 0.380 e. The van der Waals surface area contributed by atoms with Crippen LogP contribution in [0.5, 0.6) is 0 Å². The standard InChI is InChI=1S/C11H20N2O3/c1-11(6-15-7-11)5-13-10(14)9-3-2-8(4-12)16-9/h8-9H,2-7,12H2,1H3,(H,13,14). The summed E-state index contributed by atoms with van der Waals surface area (Å²) in [5, 5.41) is 2.93. The van der Waals surface area contributed by atoms with Gasteiger partial charge < -0.3 is 20.5 Å². The van der Waals surface area contributed by atoms with Crippen molar-refractivity contribution in [3.05, 3.63) is 0 Å². The van der Waals surface area contributed by atoms with E-state index in [4.69, 9.17) is 15.2 Å². The monoisotopic (exact) mass is 228 g/mol. The molecule has 2 aliphatic heterocycles. The number of carbonyl (C=O) groups is 1. The normalized spacial score (nSPS) is 32.1. The Labute approximate surface area is 95.7 Å². The fourth-order valence-corrected chi connectivity index (χ4v) is 2.04. The molecule has 2 unspecified atom stereocenters. The molecule has 0 aliphatic carbocycles. The number of rotatable bonds is 4. The lowest BCUT2D eigenvalue weighted by Gasteiger charge is -2.38. The summed E-state index contributed by atoms with van der Waals surface area (Å²) in [5.41, 5.74) is 5.61. The number of ether oxygens (including phenoxy) is 2. The molecule has 5 heteroatoms. The maximum atomic E-state index is 11.8. The van der Waals surface area contributed by atoms with Crippen LogP contribution in [0.2, 0.25) is 0 Å². The van der Waals surface area contributed by atoms with Gasteiger partial charge in [-0.1, -0.05) is 6.92 Å². The fourth-order valence-electron chi connectivity index (χ4n) is 2.04. The van der Waals surface area contributed by atoms with Crippen molar-refractivity contribution in [2.24, 2.45) is 11.1 Å². The smallest absolute Gasteiger partial charge is 0.249 e. The predicted octanol–water partition coefficient (Wildman–Crippen LogP) is -0.355. The Hall–Kier alpha value is -0.650. The van der Waals surface area contributed by atoms with Crippen LogP contribution in [0.15, 0.2) is 0 Å². The highest BCUT2D eigenvalue weighted by Crippen LogP contribution is 2.25. The molecule has 2 rings (SSSR count). The molecule has 2 atom stereocenters. The fraction of sp³-hybridized carbons (Fsp3) is 0.909. The van der Waals surface area contributed by atoms with Crippen molar-refractivity contribution in [3.8, 4) is 0 Å². The number of hydrogen-bond acceptors (Lipinski definition) is 4. The molecule has 0 radical (unpaired) electrons. The van der Waals surface area contributed by atoms with E-state index in [1.54, 1.807) is 0 Å². The van der Waals surface area contributed by atoms with Crippen molar-refractivity contribution >= 4 is 5.91 Å². The Morgan fingerprint density at radius 1 is 1.50 bits per heavy atom. The number of nitrogens with one attached hydrogen (secondary N) is 1. The Morgan fingerprint density at radius 2 is 2.25 bits per heavy atom. The first-order valence-corrected chi connectivity index (χ1v) is 5.84. The molecule has 92 valence electrons. The SMILES string of the molecule is CC1(CNC(=O)C2CCC(CN)O2)COC1. The first kappa shape index (κ1) is 11.8. The predicted molar refractivity (Wildman–Crippen MR) is 58.9 cm³/mol. The molecule has 0 spiro atoms. The minimum absolute atomic E-state index is 0.0101. The van der Waals surface area contributed by atoms with E-state index in [-0.39, 0.29) is 23.5 Å². The van der Waals surface area contributed by atoms with Gasteiger partial charge in [0, 0.05) is 18.5 Å². The van der Waals surface area contributed by atoms with E-state index in [2.05, 4.69) is 12.2 Å². The van der Waals surface area contributed by atoms with Crippen LogP contribution in [-0.2, 0) is 14.3 Å². The van der Waals surface area contributed by atoms with E-state index in [0.29, 0.717) is 13.1 Å². The number of hydrogen-bond donors (Lipinski definition) is 2. The summed E-state index contributed by atoms with van der Waals surface area (Å²) >= 11 is 0. The summed E-state index contributed by atoms with van der Waals surface area (Å²) in [6.45, 7) is 4.72. The lowest BCUT2D eigenvalue weighted by molar-refractivity contribution is -0.136. The van der Waals surface area contributed by atoms with Gasteiger partial charge in [-0.3, -0.25) is 4.79 Å². The average molecular weight is 228 g/mol. The zero-order valence-corrected chi connectivity index (χ0v) is 9.70. The van der Waals surface area contributed by atoms with Crippen LogP contribution in [0, 0.1) is 5.41 Å². The Bertz CT molecular complexity index is 266. The summed E-state index contributed by atoms with van der Waals surface area (Å²) in [6.07, 6.45) is 1.41. The third-order valence-corrected chi connectivity index (χ3v) is 3.25. The molecular weight excluding hydrogens is 208 g/mol. The molecule has 2 aliphatic rings. The number of nitrogens with two attached hydrogens (primary N) is 1. The van der Waals surface area contributed by atoms with Gasteiger partial charge in [-0.25, -0.2) is 0 Å². The van der Waals surface area contributed by atoms with Crippen molar-refractivity contribution in [2.45, 2.75) is 32.0 Å². The molecule has 16 heavy (non-hydrogen) atoms. The molecule has 0 saturated carbocycles. The molecular formula is C11H20N2O3. The summed E-state index contributed by atoms with van der Waals surface area (Å²) in [7, 11) is 0. The third-order valence-electron chi connectivity index (χ3n) is 3.25. The van der Waals surface area contributed by atoms with Crippen LogP contribution in [0.1, 0.15) is 19.8 Å².